The quantitative estimate of drug-likeness (QED) is 0.856. The zero-order valence-electron chi connectivity index (χ0n) is 12.6. The van der Waals surface area contributed by atoms with Gasteiger partial charge in [-0.05, 0) is 36.9 Å². The number of piperazine rings is 1. The molecule has 1 saturated carbocycles. The number of nitrogens with two attached hydrogens (primary N) is 1. The van der Waals surface area contributed by atoms with E-state index in [0.29, 0.717) is 5.92 Å². The Hall–Kier alpha value is -1.42. The highest BCUT2D eigenvalue weighted by molar-refractivity contribution is 5.68. The molecule has 110 valence electrons. The summed E-state index contributed by atoms with van der Waals surface area (Å²) in [6.45, 7) is 7.87. The molecule has 1 aliphatic heterocycles. The highest BCUT2D eigenvalue weighted by Crippen LogP contribution is 2.47. The first-order valence-electron chi connectivity index (χ1n) is 7.67. The monoisotopic (exact) mass is 275 g/mol. The average Bonchev–Trinajstić information content (AvgIpc) is 3.32. The Morgan fingerprint density at radius 3 is 2.45 bits per heavy atom. The molecular weight excluding hydrogens is 250 g/mol. The average molecular weight is 275 g/mol. The molecule has 0 atom stereocenters. The molecule has 1 aromatic rings. The number of hydrogen-bond donors (Lipinski definition) is 1. The Bertz CT molecular complexity index is 477. The molecule has 0 spiro atoms. The third-order valence-corrected chi connectivity index (χ3v) is 4.56. The summed E-state index contributed by atoms with van der Waals surface area (Å²) in [7, 11) is 1.70. The van der Waals surface area contributed by atoms with Gasteiger partial charge in [-0.15, -0.1) is 0 Å². The van der Waals surface area contributed by atoms with Crippen molar-refractivity contribution in [2.24, 2.45) is 0 Å². The van der Waals surface area contributed by atoms with Crippen molar-refractivity contribution >= 4 is 11.4 Å². The van der Waals surface area contributed by atoms with E-state index in [1.54, 1.807) is 7.11 Å². The van der Waals surface area contributed by atoms with Crippen LogP contribution in [0.25, 0.3) is 0 Å². The number of benzene rings is 1. The second-order valence-electron chi connectivity index (χ2n) is 5.85. The molecule has 0 radical (unpaired) electrons. The first-order chi connectivity index (χ1) is 9.72. The molecule has 20 heavy (non-hydrogen) atoms. The Kier molecular flexibility index (Phi) is 3.74. The molecule has 0 aromatic heterocycles. The molecule has 1 saturated heterocycles. The first kappa shape index (κ1) is 13.6. The summed E-state index contributed by atoms with van der Waals surface area (Å²) in [6, 6.07) is 4.28. The molecule has 1 aliphatic carbocycles. The van der Waals surface area contributed by atoms with Gasteiger partial charge in [0.1, 0.15) is 5.75 Å². The second-order valence-corrected chi connectivity index (χ2v) is 5.85. The van der Waals surface area contributed by atoms with Crippen LogP contribution in [0.15, 0.2) is 12.1 Å². The predicted molar refractivity (Wildman–Crippen MR) is 83.7 cm³/mol. The van der Waals surface area contributed by atoms with E-state index in [1.165, 1.54) is 24.1 Å². The van der Waals surface area contributed by atoms with Crippen molar-refractivity contribution in [2.45, 2.75) is 25.7 Å². The molecule has 2 N–H and O–H groups in total. The van der Waals surface area contributed by atoms with Gasteiger partial charge in [0.15, 0.2) is 0 Å². The number of rotatable bonds is 4. The molecule has 0 amide bonds. The molecule has 4 heteroatoms. The van der Waals surface area contributed by atoms with Gasteiger partial charge in [0.25, 0.3) is 0 Å². The van der Waals surface area contributed by atoms with Crippen LogP contribution >= 0.6 is 0 Å². The van der Waals surface area contributed by atoms with Crippen molar-refractivity contribution in [2.75, 3.05) is 50.5 Å². The topological polar surface area (TPSA) is 41.7 Å². The fourth-order valence-corrected chi connectivity index (χ4v) is 3.08. The second kappa shape index (κ2) is 5.52. The summed E-state index contributed by atoms with van der Waals surface area (Å²) < 4.78 is 5.41. The summed E-state index contributed by atoms with van der Waals surface area (Å²) in [4.78, 5) is 5.00. The van der Waals surface area contributed by atoms with E-state index in [2.05, 4.69) is 28.9 Å². The first-order valence-corrected chi connectivity index (χ1v) is 7.67. The van der Waals surface area contributed by atoms with E-state index < -0.39 is 0 Å². The molecular formula is C16H25N3O. The van der Waals surface area contributed by atoms with Gasteiger partial charge in [-0.2, -0.15) is 0 Å². The Balaban J connectivity index is 1.87. The fraction of sp³-hybridized carbons (Fsp3) is 0.625. The Morgan fingerprint density at radius 2 is 1.90 bits per heavy atom. The third-order valence-electron chi connectivity index (χ3n) is 4.56. The summed E-state index contributed by atoms with van der Waals surface area (Å²) in [5.41, 5.74) is 9.62. The van der Waals surface area contributed by atoms with Crippen LogP contribution in [-0.2, 0) is 0 Å². The molecule has 0 unspecified atom stereocenters. The maximum Gasteiger partial charge on any atom is 0.143 e. The number of nitrogens with zero attached hydrogens (tertiary/aromatic N) is 2. The largest absolute Gasteiger partial charge is 0.495 e. The van der Waals surface area contributed by atoms with Gasteiger partial charge in [0.2, 0.25) is 0 Å². The normalized spacial score (nSPS) is 20.2. The molecule has 4 nitrogen and oxygen atoms in total. The van der Waals surface area contributed by atoms with Crippen LogP contribution in [0.3, 0.4) is 0 Å². The van der Waals surface area contributed by atoms with Crippen LogP contribution in [0.5, 0.6) is 5.75 Å². The minimum absolute atomic E-state index is 0.711. The van der Waals surface area contributed by atoms with Crippen molar-refractivity contribution in [3.05, 3.63) is 17.7 Å². The van der Waals surface area contributed by atoms with E-state index in [0.717, 1.165) is 44.2 Å². The highest BCUT2D eigenvalue weighted by Gasteiger charge is 2.29. The molecule has 0 bridgehead atoms. The molecule has 2 fully saturated rings. The van der Waals surface area contributed by atoms with Crippen molar-refractivity contribution in [3.8, 4) is 5.75 Å². The van der Waals surface area contributed by atoms with Gasteiger partial charge in [0.05, 0.1) is 12.8 Å². The van der Waals surface area contributed by atoms with Gasteiger partial charge in [-0.1, -0.05) is 6.92 Å². The number of methoxy groups -OCH3 is 1. The molecule has 1 heterocycles. The zero-order chi connectivity index (χ0) is 14.1. The Labute approximate surface area is 121 Å². The van der Waals surface area contributed by atoms with Crippen LogP contribution in [0.2, 0.25) is 0 Å². The lowest BCUT2D eigenvalue weighted by atomic mass is 10.0. The standard InChI is InChI=1S/C16H25N3O/c1-3-18-6-8-19(9-7-18)15-11-16(20-2)14(17)10-13(15)12-4-5-12/h10-12H,3-9,17H2,1-2H3. The number of likely N-dealkylation sites (N-methyl/N-ethyl adjacent to an activating group) is 1. The SMILES string of the molecule is CCN1CCN(c2cc(OC)c(N)cc2C2CC2)CC1. The van der Waals surface area contributed by atoms with Crippen molar-refractivity contribution < 1.29 is 4.74 Å². The predicted octanol–water partition coefficient (Wildman–Crippen LogP) is 2.30. The highest BCUT2D eigenvalue weighted by atomic mass is 16.5. The van der Waals surface area contributed by atoms with E-state index >= 15 is 0 Å². The lowest BCUT2D eigenvalue weighted by Gasteiger charge is -2.36. The van der Waals surface area contributed by atoms with Gasteiger partial charge in [-0.25, -0.2) is 0 Å². The number of hydrogen-bond acceptors (Lipinski definition) is 4. The minimum Gasteiger partial charge on any atom is -0.495 e. The van der Waals surface area contributed by atoms with E-state index in [1.807, 2.05) is 0 Å². The van der Waals surface area contributed by atoms with E-state index in [9.17, 15) is 0 Å². The zero-order valence-corrected chi connectivity index (χ0v) is 12.6. The van der Waals surface area contributed by atoms with Gasteiger partial charge < -0.3 is 20.3 Å². The number of anilines is 2. The van der Waals surface area contributed by atoms with Gasteiger partial charge in [-0.3, -0.25) is 0 Å². The van der Waals surface area contributed by atoms with Crippen LogP contribution < -0.4 is 15.4 Å². The van der Waals surface area contributed by atoms with E-state index in [-0.39, 0.29) is 0 Å². The van der Waals surface area contributed by atoms with E-state index in [4.69, 9.17) is 10.5 Å². The maximum absolute atomic E-state index is 6.09. The summed E-state index contributed by atoms with van der Waals surface area (Å²) in [5.74, 6) is 1.52. The van der Waals surface area contributed by atoms with Gasteiger partial charge in [0, 0.05) is 37.9 Å². The maximum atomic E-state index is 6.09. The number of ether oxygens (including phenoxy) is 1. The third kappa shape index (κ3) is 2.57. The van der Waals surface area contributed by atoms with Crippen LogP contribution in [0.1, 0.15) is 31.2 Å². The van der Waals surface area contributed by atoms with Crippen molar-refractivity contribution in [1.29, 1.82) is 0 Å². The summed E-state index contributed by atoms with van der Waals surface area (Å²) in [5, 5.41) is 0. The lowest BCUT2D eigenvalue weighted by molar-refractivity contribution is 0.271. The van der Waals surface area contributed by atoms with Crippen LogP contribution in [-0.4, -0.2) is 44.7 Å². The molecule has 2 aliphatic rings. The van der Waals surface area contributed by atoms with Crippen LogP contribution in [0, 0.1) is 0 Å². The van der Waals surface area contributed by atoms with Crippen LogP contribution in [0.4, 0.5) is 11.4 Å². The number of nitrogen functional groups attached to an aromatic ring is 1. The molecule has 1 aromatic carbocycles. The minimum atomic E-state index is 0.711. The van der Waals surface area contributed by atoms with Crippen molar-refractivity contribution in [1.82, 2.24) is 4.90 Å². The fourth-order valence-electron chi connectivity index (χ4n) is 3.08. The van der Waals surface area contributed by atoms with Gasteiger partial charge >= 0.3 is 0 Å². The Morgan fingerprint density at radius 1 is 1.20 bits per heavy atom. The molecule has 3 rings (SSSR count). The lowest BCUT2D eigenvalue weighted by Crippen LogP contribution is -2.46. The summed E-state index contributed by atoms with van der Waals surface area (Å²) in [6.07, 6.45) is 2.60. The smallest absolute Gasteiger partial charge is 0.143 e. The summed E-state index contributed by atoms with van der Waals surface area (Å²) >= 11 is 0. The van der Waals surface area contributed by atoms with Crippen molar-refractivity contribution in [3.63, 3.8) is 0 Å².